The maximum atomic E-state index is 13.9. The number of carbonyl (C=O) groups excluding carboxylic acids is 2. The zero-order valence-corrected chi connectivity index (χ0v) is 17.8. The third kappa shape index (κ3) is 3.52. The fraction of sp³-hybridized carbons (Fsp3) is 0.435. The normalized spacial score (nSPS) is 23.3. The molecule has 2 fully saturated rings. The molecular formula is C23H21F3N2O5. The van der Waals surface area contributed by atoms with Gasteiger partial charge in [0.15, 0.2) is 23.5 Å². The number of methoxy groups -OCH3 is 1. The van der Waals surface area contributed by atoms with Crippen LogP contribution in [0.2, 0.25) is 0 Å². The maximum absolute atomic E-state index is 13.9. The number of fused-ring (bicyclic) bond motifs is 5. The van der Waals surface area contributed by atoms with Crippen LogP contribution in [-0.4, -0.2) is 46.6 Å². The van der Waals surface area contributed by atoms with E-state index in [-0.39, 0.29) is 54.4 Å². The molecule has 10 heteroatoms. The van der Waals surface area contributed by atoms with E-state index in [1.54, 1.807) is 4.90 Å². The summed E-state index contributed by atoms with van der Waals surface area (Å²) < 4.78 is 53.7. The summed E-state index contributed by atoms with van der Waals surface area (Å²) in [6.45, 7) is 0.228. The minimum Gasteiger partial charge on any atom is -0.491 e. The van der Waals surface area contributed by atoms with E-state index in [0.717, 1.165) is 19.3 Å². The minimum atomic E-state index is -1.10. The first-order valence-corrected chi connectivity index (χ1v) is 10.7. The molecule has 1 aromatic carbocycles. The van der Waals surface area contributed by atoms with Crippen molar-refractivity contribution in [3.63, 3.8) is 0 Å². The van der Waals surface area contributed by atoms with E-state index in [0.29, 0.717) is 12.1 Å². The van der Waals surface area contributed by atoms with Crippen molar-refractivity contribution in [2.24, 2.45) is 0 Å². The van der Waals surface area contributed by atoms with Gasteiger partial charge in [0.25, 0.3) is 5.91 Å². The molecule has 1 aromatic heterocycles. The number of aromatic nitrogens is 1. The van der Waals surface area contributed by atoms with Crippen LogP contribution in [0.4, 0.5) is 13.2 Å². The molecule has 1 saturated carbocycles. The van der Waals surface area contributed by atoms with E-state index < -0.39 is 40.5 Å². The summed E-state index contributed by atoms with van der Waals surface area (Å²) in [4.78, 5) is 40.8. The van der Waals surface area contributed by atoms with Crippen LogP contribution in [0, 0.1) is 17.5 Å². The highest BCUT2D eigenvalue weighted by Gasteiger charge is 2.47. The van der Waals surface area contributed by atoms with Crippen LogP contribution < -0.4 is 10.2 Å². The Morgan fingerprint density at radius 3 is 2.61 bits per heavy atom. The van der Waals surface area contributed by atoms with Gasteiger partial charge in [-0.2, -0.15) is 0 Å². The predicted molar refractivity (Wildman–Crippen MR) is 109 cm³/mol. The van der Waals surface area contributed by atoms with Crippen LogP contribution in [0.15, 0.2) is 23.1 Å². The molecule has 1 aliphatic carbocycles. The van der Waals surface area contributed by atoms with E-state index in [1.807, 2.05) is 0 Å². The number of pyridine rings is 1. The summed E-state index contributed by atoms with van der Waals surface area (Å²) in [6, 6.07) is 1.11. The monoisotopic (exact) mass is 462 g/mol. The molecule has 3 heterocycles. The molecule has 7 nitrogen and oxygen atoms in total. The number of benzene rings is 1. The molecular weight excluding hydrogens is 441 g/mol. The molecule has 0 radical (unpaired) electrons. The Kier molecular flexibility index (Phi) is 5.27. The number of hydrogen-bond donors (Lipinski definition) is 0. The van der Waals surface area contributed by atoms with Crippen molar-refractivity contribution in [1.82, 2.24) is 9.47 Å². The summed E-state index contributed by atoms with van der Waals surface area (Å²) >= 11 is 0. The van der Waals surface area contributed by atoms with Crippen molar-refractivity contribution in [3.8, 4) is 5.75 Å². The Morgan fingerprint density at radius 1 is 1.18 bits per heavy atom. The van der Waals surface area contributed by atoms with Crippen molar-refractivity contribution in [1.29, 1.82) is 0 Å². The van der Waals surface area contributed by atoms with Crippen LogP contribution in [0.25, 0.3) is 0 Å². The van der Waals surface area contributed by atoms with Crippen molar-refractivity contribution in [3.05, 3.63) is 62.8 Å². The number of nitrogens with zero attached hydrogens (tertiary/aromatic N) is 2. The van der Waals surface area contributed by atoms with Gasteiger partial charge in [-0.1, -0.05) is 0 Å². The van der Waals surface area contributed by atoms with Crippen molar-refractivity contribution in [2.45, 2.75) is 57.0 Å². The Labute approximate surface area is 186 Å². The number of rotatable bonds is 5. The van der Waals surface area contributed by atoms with Crippen LogP contribution in [0.5, 0.6) is 5.75 Å². The first-order valence-electron chi connectivity index (χ1n) is 10.7. The van der Waals surface area contributed by atoms with E-state index in [4.69, 9.17) is 9.47 Å². The number of Topliss-reactive ketones (excluding diaryl/α,β-unsaturated/α-hetero) is 1. The number of halogens is 3. The second-order valence-electron chi connectivity index (χ2n) is 8.57. The Hall–Kier alpha value is -3.14. The molecule has 5 rings (SSSR count). The highest BCUT2D eigenvalue weighted by atomic mass is 19.1. The van der Waals surface area contributed by atoms with Crippen LogP contribution in [0.1, 0.15) is 52.1 Å². The number of ether oxygens (including phenoxy) is 2. The summed E-state index contributed by atoms with van der Waals surface area (Å²) in [5.74, 6) is -4.57. The molecule has 2 aromatic rings. The zero-order chi connectivity index (χ0) is 23.4. The predicted octanol–water partition coefficient (Wildman–Crippen LogP) is 2.82. The lowest BCUT2D eigenvalue weighted by atomic mass is 10.0. The van der Waals surface area contributed by atoms with Crippen molar-refractivity contribution in [2.75, 3.05) is 7.11 Å². The Bertz CT molecular complexity index is 1200. The molecule has 2 aliphatic heterocycles. The topological polar surface area (TPSA) is 77.8 Å². The smallest absolute Gasteiger partial charge is 0.276 e. The standard InChI is InChI=1S/C23H21F3N2O5/c1-32-22-20-23(31)28-12-2-3-13(8-12)33-19(28)10-27(20)9-15(21(22)30)18(29)5-4-14-16(25)6-11(24)7-17(14)26/h6-7,9,12-13,19H,2-5,8,10H2,1H3/t12-,13+,19-/m0/s1. The largest absolute Gasteiger partial charge is 0.491 e. The van der Waals surface area contributed by atoms with Gasteiger partial charge in [0.2, 0.25) is 5.43 Å². The average molecular weight is 462 g/mol. The number of carbonyl (C=O) groups is 2. The van der Waals surface area contributed by atoms with Gasteiger partial charge in [-0.05, 0) is 25.7 Å². The molecule has 0 N–H and O–H groups in total. The third-order valence-corrected chi connectivity index (χ3v) is 6.65. The molecule has 0 unspecified atom stereocenters. The maximum Gasteiger partial charge on any atom is 0.276 e. The number of hydrogen-bond acceptors (Lipinski definition) is 5. The average Bonchev–Trinajstić information content (AvgIpc) is 3.13. The Balaban J connectivity index is 1.47. The third-order valence-electron chi connectivity index (χ3n) is 6.65. The molecule has 2 bridgehead atoms. The van der Waals surface area contributed by atoms with Gasteiger partial charge >= 0.3 is 0 Å². The van der Waals surface area contributed by atoms with Gasteiger partial charge in [0, 0.05) is 36.4 Å². The summed E-state index contributed by atoms with van der Waals surface area (Å²) in [5.41, 5.74) is -1.40. The van der Waals surface area contributed by atoms with Crippen molar-refractivity contribution < 1.29 is 32.2 Å². The lowest BCUT2D eigenvalue weighted by Crippen LogP contribution is -2.57. The van der Waals surface area contributed by atoms with E-state index in [1.165, 1.54) is 17.9 Å². The van der Waals surface area contributed by atoms with Crippen LogP contribution in [-0.2, 0) is 17.7 Å². The SMILES string of the molecule is COc1c2n(cc(C(=O)CCc3c(F)cc(F)cc3F)c1=O)C[C@@H]1O[C@@H]3CC[C@@H](C3)N1C2=O. The quantitative estimate of drug-likeness (QED) is 0.639. The lowest BCUT2D eigenvalue weighted by molar-refractivity contribution is -0.132. The second-order valence-corrected chi connectivity index (χ2v) is 8.57. The van der Waals surface area contributed by atoms with Gasteiger partial charge in [-0.15, -0.1) is 0 Å². The number of amides is 1. The molecule has 174 valence electrons. The Morgan fingerprint density at radius 2 is 1.91 bits per heavy atom. The second kappa shape index (κ2) is 8.02. The molecule has 3 aliphatic rings. The highest BCUT2D eigenvalue weighted by Crippen LogP contribution is 2.39. The fourth-order valence-corrected chi connectivity index (χ4v) is 5.11. The van der Waals surface area contributed by atoms with Crippen molar-refractivity contribution >= 4 is 11.7 Å². The summed E-state index contributed by atoms with van der Waals surface area (Å²) in [5, 5.41) is 0. The lowest BCUT2D eigenvalue weighted by Gasteiger charge is -2.44. The zero-order valence-electron chi connectivity index (χ0n) is 17.8. The molecule has 3 atom stereocenters. The summed E-state index contributed by atoms with van der Waals surface area (Å²) in [7, 11) is 1.24. The first-order chi connectivity index (χ1) is 15.8. The van der Waals surface area contributed by atoms with Gasteiger partial charge < -0.3 is 18.9 Å². The van der Waals surface area contributed by atoms with Gasteiger partial charge in [0.1, 0.15) is 17.5 Å². The highest BCUT2D eigenvalue weighted by molar-refractivity contribution is 6.00. The van der Waals surface area contributed by atoms with E-state index in [9.17, 15) is 27.6 Å². The van der Waals surface area contributed by atoms with Gasteiger partial charge in [-0.3, -0.25) is 14.4 Å². The van der Waals surface area contributed by atoms with Crippen LogP contribution >= 0.6 is 0 Å². The first kappa shape index (κ1) is 21.7. The van der Waals surface area contributed by atoms with Crippen LogP contribution in [0.3, 0.4) is 0 Å². The fourth-order valence-electron chi connectivity index (χ4n) is 5.11. The number of ketones is 1. The van der Waals surface area contributed by atoms with E-state index >= 15 is 0 Å². The van der Waals surface area contributed by atoms with Gasteiger partial charge in [0.05, 0.1) is 25.3 Å². The summed E-state index contributed by atoms with van der Waals surface area (Å²) in [6.07, 6.45) is 2.55. The molecule has 1 saturated heterocycles. The van der Waals surface area contributed by atoms with Gasteiger partial charge in [-0.25, -0.2) is 13.2 Å². The molecule has 1 amide bonds. The minimum absolute atomic E-state index is 0.0385. The molecule has 0 spiro atoms. The molecule has 33 heavy (non-hydrogen) atoms. The van der Waals surface area contributed by atoms with E-state index in [2.05, 4.69) is 0 Å².